The normalized spacial score (nSPS) is 20.2. The molecule has 1 aromatic rings. The summed E-state index contributed by atoms with van der Waals surface area (Å²) in [6.45, 7) is 1.58. The maximum absolute atomic E-state index is 12.0. The molecule has 2 rings (SSSR count). The van der Waals surface area contributed by atoms with E-state index in [-0.39, 0.29) is 18.6 Å². The molecule has 0 bridgehead atoms. The van der Waals surface area contributed by atoms with Gasteiger partial charge in [0, 0.05) is 10.7 Å². The number of anilines is 1. The van der Waals surface area contributed by atoms with Gasteiger partial charge in [-0.3, -0.25) is 4.79 Å². The van der Waals surface area contributed by atoms with Gasteiger partial charge in [-0.1, -0.05) is 11.6 Å². The number of hydrogen-bond acceptors (Lipinski definition) is 3. The molecule has 1 aromatic carbocycles. The van der Waals surface area contributed by atoms with Crippen LogP contribution in [0.15, 0.2) is 24.3 Å². The Labute approximate surface area is 112 Å². The van der Waals surface area contributed by atoms with Gasteiger partial charge in [-0.2, -0.15) is 0 Å². The zero-order valence-electron chi connectivity index (χ0n) is 10.4. The average Bonchev–Trinajstić information content (AvgIpc) is 2.38. The lowest BCUT2D eigenvalue weighted by atomic mass is 10.1. The van der Waals surface area contributed by atoms with Crippen LogP contribution in [0.2, 0.25) is 5.02 Å². The second-order valence-corrected chi connectivity index (χ2v) is 4.74. The molecule has 5 heteroatoms. The number of hydrogen-bond donors (Lipinski definition) is 1. The van der Waals surface area contributed by atoms with Gasteiger partial charge < -0.3 is 15.0 Å². The number of morpholine rings is 1. The smallest absolute Gasteiger partial charge is 0.253 e. The van der Waals surface area contributed by atoms with Crippen LogP contribution in [0.4, 0.5) is 5.69 Å². The molecular weight excluding hydrogens is 252 g/mol. The van der Waals surface area contributed by atoms with Gasteiger partial charge in [0.25, 0.3) is 5.91 Å². The quantitative estimate of drug-likeness (QED) is 0.903. The predicted molar refractivity (Wildman–Crippen MR) is 72.1 cm³/mol. The number of benzene rings is 1. The van der Waals surface area contributed by atoms with Crippen LogP contribution >= 0.6 is 11.6 Å². The molecule has 1 aliphatic heterocycles. The zero-order chi connectivity index (χ0) is 13.0. The Morgan fingerprint density at radius 2 is 2.17 bits per heavy atom. The van der Waals surface area contributed by atoms with Crippen LogP contribution in [0.1, 0.15) is 6.42 Å². The number of carbonyl (C=O) groups is 1. The first-order valence-corrected chi connectivity index (χ1v) is 6.40. The van der Waals surface area contributed by atoms with E-state index in [4.69, 9.17) is 16.3 Å². The van der Waals surface area contributed by atoms with Crippen LogP contribution in [0.5, 0.6) is 0 Å². The van der Waals surface area contributed by atoms with Gasteiger partial charge in [0.1, 0.15) is 6.61 Å². The fraction of sp³-hybridized carbons (Fsp3) is 0.462. The van der Waals surface area contributed by atoms with Gasteiger partial charge in [0.15, 0.2) is 0 Å². The molecule has 0 spiro atoms. The average molecular weight is 269 g/mol. The monoisotopic (exact) mass is 268 g/mol. The number of amides is 1. The second-order valence-electron chi connectivity index (χ2n) is 4.30. The molecule has 1 fully saturated rings. The molecule has 1 amide bonds. The molecule has 0 radical (unpaired) electrons. The van der Waals surface area contributed by atoms with Crippen molar-refractivity contribution in [2.75, 3.05) is 31.7 Å². The number of rotatable bonds is 4. The van der Waals surface area contributed by atoms with E-state index in [1.165, 1.54) is 0 Å². The summed E-state index contributed by atoms with van der Waals surface area (Å²) in [7, 11) is 1.90. The van der Waals surface area contributed by atoms with Gasteiger partial charge in [-0.15, -0.1) is 0 Å². The van der Waals surface area contributed by atoms with Gasteiger partial charge >= 0.3 is 0 Å². The number of ether oxygens (including phenoxy) is 1. The fourth-order valence-corrected chi connectivity index (χ4v) is 2.24. The van der Waals surface area contributed by atoms with Crippen molar-refractivity contribution in [2.45, 2.75) is 12.5 Å². The minimum absolute atomic E-state index is 0.00433. The highest BCUT2D eigenvalue weighted by molar-refractivity contribution is 6.30. The summed E-state index contributed by atoms with van der Waals surface area (Å²) in [4.78, 5) is 13.8. The molecule has 1 N–H and O–H groups in total. The first-order valence-electron chi connectivity index (χ1n) is 6.02. The molecule has 1 aliphatic rings. The Balaban J connectivity index is 2.18. The van der Waals surface area contributed by atoms with Crippen molar-refractivity contribution in [2.24, 2.45) is 0 Å². The first kappa shape index (κ1) is 13.3. The molecule has 4 nitrogen and oxygen atoms in total. The second kappa shape index (κ2) is 6.18. The summed E-state index contributed by atoms with van der Waals surface area (Å²) < 4.78 is 5.32. The number of halogens is 1. The fourth-order valence-electron chi connectivity index (χ4n) is 2.11. The van der Waals surface area contributed by atoms with Crippen LogP contribution < -0.4 is 10.2 Å². The van der Waals surface area contributed by atoms with Gasteiger partial charge in [0.05, 0.1) is 12.6 Å². The highest BCUT2D eigenvalue weighted by Gasteiger charge is 2.29. The van der Waals surface area contributed by atoms with E-state index in [2.05, 4.69) is 5.32 Å². The summed E-state index contributed by atoms with van der Waals surface area (Å²) in [6.07, 6.45) is 0.866. The van der Waals surface area contributed by atoms with Crippen molar-refractivity contribution >= 4 is 23.2 Å². The Kier molecular flexibility index (Phi) is 4.58. The van der Waals surface area contributed by atoms with E-state index in [1.54, 1.807) is 12.1 Å². The van der Waals surface area contributed by atoms with Gasteiger partial charge in [-0.25, -0.2) is 0 Å². The van der Waals surface area contributed by atoms with E-state index < -0.39 is 0 Å². The number of nitrogens with zero attached hydrogens (tertiary/aromatic N) is 1. The molecule has 98 valence electrons. The Bertz CT molecular complexity index is 408. The van der Waals surface area contributed by atoms with E-state index in [0.29, 0.717) is 11.6 Å². The highest BCUT2D eigenvalue weighted by atomic mass is 35.5. The summed E-state index contributed by atoms with van der Waals surface area (Å²) in [6, 6.07) is 7.43. The molecule has 1 atom stereocenters. The van der Waals surface area contributed by atoms with Crippen molar-refractivity contribution in [3.05, 3.63) is 29.3 Å². The lowest BCUT2D eigenvalue weighted by molar-refractivity contribution is -0.127. The Morgan fingerprint density at radius 1 is 1.44 bits per heavy atom. The van der Waals surface area contributed by atoms with Crippen molar-refractivity contribution in [1.82, 2.24) is 5.32 Å². The summed E-state index contributed by atoms with van der Waals surface area (Å²) in [5, 5.41) is 3.77. The maximum Gasteiger partial charge on any atom is 0.253 e. The third kappa shape index (κ3) is 3.02. The minimum atomic E-state index is 0.00433. The largest absolute Gasteiger partial charge is 0.369 e. The molecule has 1 saturated heterocycles. The van der Waals surface area contributed by atoms with Crippen LogP contribution in [-0.2, 0) is 9.53 Å². The third-order valence-corrected chi connectivity index (χ3v) is 3.25. The summed E-state index contributed by atoms with van der Waals surface area (Å²) >= 11 is 5.87. The van der Waals surface area contributed by atoms with Crippen LogP contribution in [-0.4, -0.2) is 38.8 Å². The minimum Gasteiger partial charge on any atom is -0.369 e. The standard InChI is InChI=1S/C13H17ClN2O2/c1-15-7-6-12-8-18-9-13(17)16(12)11-4-2-10(14)3-5-11/h2-5,12,15H,6-9H2,1H3. The van der Waals surface area contributed by atoms with Crippen LogP contribution in [0.3, 0.4) is 0 Å². The molecule has 1 unspecified atom stereocenters. The van der Waals surface area contributed by atoms with E-state index in [9.17, 15) is 4.79 Å². The van der Waals surface area contributed by atoms with Crippen LogP contribution in [0, 0.1) is 0 Å². The number of nitrogens with one attached hydrogen (secondary N) is 1. The van der Waals surface area contributed by atoms with Crippen LogP contribution in [0.25, 0.3) is 0 Å². The molecule has 0 aliphatic carbocycles. The highest BCUT2D eigenvalue weighted by Crippen LogP contribution is 2.23. The topological polar surface area (TPSA) is 41.6 Å². The van der Waals surface area contributed by atoms with Crippen molar-refractivity contribution in [1.29, 1.82) is 0 Å². The van der Waals surface area contributed by atoms with Crippen molar-refractivity contribution in [3.8, 4) is 0 Å². The molecule has 1 heterocycles. The first-order chi connectivity index (χ1) is 8.72. The lowest BCUT2D eigenvalue weighted by Gasteiger charge is -2.35. The summed E-state index contributed by atoms with van der Waals surface area (Å²) in [5.74, 6) is 0.00433. The van der Waals surface area contributed by atoms with E-state index in [1.807, 2.05) is 24.1 Å². The Morgan fingerprint density at radius 3 is 2.83 bits per heavy atom. The Hall–Kier alpha value is -1.10. The maximum atomic E-state index is 12.0. The number of carbonyl (C=O) groups excluding carboxylic acids is 1. The summed E-state index contributed by atoms with van der Waals surface area (Å²) in [5.41, 5.74) is 0.883. The zero-order valence-corrected chi connectivity index (χ0v) is 11.1. The van der Waals surface area contributed by atoms with Crippen molar-refractivity contribution < 1.29 is 9.53 Å². The lowest BCUT2D eigenvalue weighted by Crippen LogP contribution is -2.50. The van der Waals surface area contributed by atoms with Gasteiger partial charge in [0.2, 0.25) is 0 Å². The molecule has 0 aromatic heterocycles. The molecular formula is C13H17ClN2O2. The molecule has 0 saturated carbocycles. The SMILES string of the molecule is CNCCC1COCC(=O)N1c1ccc(Cl)cc1. The molecule has 18 heavy (non-hydrogen) atoms. The van der Waals surface area contributed by atoms with Gasteiger partial charge in [-0.05, 0) is 44.3 Å². The van der Waals surface area contributed by atoms with E-state index >= 15 is 0 Å². The van der Waals surface area contributed by atoms with Crippen molar-refractivity contribution in [3.63, 3.8) is 0 Å². The van der Waals surface area contributed by atoms with E-state index in [0.717, 1.165) is 18.7 Å². The third-order valence-electron chi connectivity index (χ3n) is 3.00. The predicted octanol–water partition coefficient (Wildman–Crippen LogP) is 1.68.